The minimum Gasteiger partial charge on any atom is -0.192 e. The van der Waals surface area contributed by atoms with Gasteiger partial charge in [0.15, 0.2) is 0 Å². The van der Waals surface area contributed by atoms with E-state index in [1.807, 2.05) is 61.5 Å². The van der Waals surface area contributed by atoms with E-state index in [0.717, 1.165) is 27.5 Å². The number of nitriles is 2. The molecule has 0 N–H and O–H groups in total. The largest absolute Gasteiger partial charge is 0.192 e. The zero-order chi connectivity index (χ0) is 14.8. The van der Waals surface area contributed by atoms with Crippen molar-refractivity contribution in [2.24, 2.45) is 0 Å². The Bertz CT molecular complexity index is 924. The predicted octanol–water partition coefficient (Wildman–Crippen LogP) is 4.56. The number of nitrogens with zero attached hydrogens (tertiary/aromatic N) is 2. The van der Waals surface area contributed by atoms with Gasteiger partial charge < -0.3 is 0 Å². The molecule has 0 aliphatic carbocycles. The Balaban J connectivity index is 2.38. The molecule has 0 fully saturated rings. The van der Waals surface area contributed by atoms with Gasteiger partial charge >= 0.3 is 0 Å². The highest BCUT2D eigenvalue weighted by molar-refractivity contribution is 6.00. The van der Waals surface area contributed by atoms with Gasteiger partial charge in [-0.1, -0.05) is 42.5 Å². The SMILES string of the molecule is Cc1ccc(-c2ccc(C#N)c3ccccc23)c(C#N)c1. The zero-order valence-electron chi connectivity index (χ0n) is 11.6. The lowest BCUT2D eigenvalue weighted by Gasteiger charge is -2.10. The molecule has 98 valence electrons. The van der Waals surface area contributed by atoms with Crippen LogP contribution in [-0.4, -0.2) is 0 Å². The molecule has 0 spiro atoms. The normalized spacial score (nSPS) is 10.0. The molecule has 0 aliphatic heterocycles. The summed E-state index contributed by atoms with van der Waals surface area (Å²) < 4.78 is 0. The van der Waals surface area contributed by atoms with Crippen LogP contribution in [0.15, 0.2) is 54.6 Å². The van der Waals surface area contributed by atoms with Gasteiger partial charge in [-0.3, -0.25) is 0 Å². The molecule has 0 heterocycles. The van der Waals surface area contributed by atoms with Crippen molar-refractivity contribution in [3.05, 3.63) is 71.3 Å². The summed E-state index contributed by atoms with van der Waals surface area (Å²) in [7, 11) is 0. The second-order valence-electron chi connectivity index (χ2n) is 4.98. The van der Waals surface area contributed by atoms with Crippen LogP contribution in [0.4, 0.5) is 0 Å². The maximum Gasteiger partial charge on any atom is 0.0998 e. The fraction of sp³-hybridized carbons (Fsp3) is 0.0526. The molecule has 0 unspecified atom stereocenters. The molecule has 3 aromatic rings. The third-order valence-corrected chi connectivity index (χ3v) is 3.63. The van der Waals surface area contributed by atoms with Gasteiger partial charge in [0.2, 0.25) is 0 Å². The number of fused-ring (bicyclic) bond motifs is 1. The second kappa shape index (κ2) is 5.12. The van der Waals surface area contributed by atoms with E-state index < -0.39 is 0 Å². The lowest BCUT2D eigenvalue weighted by Crippen LogP contribution is -1.89. The summed E-state index contributed by atoms with van der Waals surface area (Å²) in [4.78, 5) is 0. The highest BCUT2D eigenvalue weighted by atomic mass is 14.3. The number of rotatable bonds is 1. The van der Waals surface area contributed by atoms with Crippen LogP contribution in [0.25, 0.3) is 21.9 Å². The molecule has 3 rings (SSSR count). The highest BCUT2D eigenvalue weighted by Crippen LogP contribution is 2.32. The molecular weight excluding hydrogens is 256 g/mol. The van der Waals surface area contributed by atoms with Crippen LogP contribution in [0.5, 0.6) is 0 Å². The average Bonchev–Trinajstić information content (AvgIpc) is 2.54. The predicted molar refractivity (Wildman–Crippen MR) is 83.6 cm³/mol. The van der Waals surface area contributed by atoms with E-state index >= 15 is 0 Å². The molecular formula is C19H12N2. The molecule has 0 aromatic heterocycles. The highest BCUT2D eigenvalue weighted by Gasteiger charge is 2.10. The Morgan fingerprint density at radius 1 is 0.714 bits per heavy atom. The van der Waals surface area contributed by atoms with Crippen molar-refractivity contribution in [1.82, 2.24) is 0 Å². The molecule has 0 atom stereocenters. The van der Waals surface area contributed by atoms with Crippen LogP contribution >= 0.6 is 0 Å². The fourth-order valence-corrected chi connectivity index (χ4v) is 2.62. The minimum absolute atomic E-state index is 0.653. The van der Waals surface area contributed by atoms with Crippen LogP contribution in [0.2, 0.25) is 0 Å². The second-order valence-corrected chi connectivity index (χ2v) is 4.98. The van der Waals surface area contributed by atoms with E-state index in [4.69, 9.17) is 0 Å². The average molecular weight is 268 g/mol. The molecule has 0 radical (unpaired) electrons. The quantitative estimate of drug-likeness (QED) is 0.649. The molecule has 3 aromatic carbocycles. The van der Waals surface area contributed by atoms with E-state index in [1.165, 1.54) is 0 Å². The number of benzene rings is 3. The van der Waals surface area contributed by atoms with Gasteiger partial charge in [0.25, 0.3) is 0 Å². The molecule has 0 amide bonds. The fourth-order valence-electron chi connectivity index (χ4n) is 2.62. The summed E-state index contributed by atoms with van der Waals surface area (Å²) in [6, 6.07) is 21.9. The van der Waals surface area contributed by atoms with E-state index in [9.17, 15) is 10.5 Å². The Kier molecular flexibility index (Phi) is 3.14. The van der Waals surface area contributed by atoms with Crippen molar-refractivity contribution in [2.45, 2.75) is 6.92 Å². The van der Waals surface area contributed by atoms with Gasteiger partial charge in [0, 0.05) is 10.9 Å². The number of hydrogen-bond acceptors (Lipinski definition) is 2. The van der Waals surface area contributed by atoms with Crippen molar-refractivity contribution in [1.29, 1.82) is 10.5 Å². The van der Waals surface area contributed by atoms with Gasteiger partial charge in [-0.15, -0.1) is 0 Å². The Labute approximate surface area is 123 Å². The van der Waals surface area contributed by atoms with Gasteiger partial charge in [0.05, 0.1) is 23.3 Å². The molecule has 2 heteroatoms. The van der Waals surface area contributed by atoms with Crippen molar-refractivity contribution < 1.29 is 0 Å². The first-order valence-electron chi connectivity index (χ1n) is 6.67. The molecule has 0 aliphatic rings. The molecule has 0 saturated heterocycles. The van der Waals surface area contributed by atoms with Crippen LogP contribution in [0, 0.1) is 29.6 Å². The van der Waals surface area contributed by atoms with Gasteiger partial charge in [-0.2, -0.15) is 10.5 Å². The first-order chi connectivity index (χ1) is 10.2. The van der Waals surface area contributed by atoms with E-state index in [0.29, 0.717) is 11.1 Å². The first kappa shape index (κ1) is 12.9. The molecule has 21 heavy (non-hydrogen) atoms. The summed E-state index contributed by atoms with van der Waals surface area (Å²) >= 11 is 0. The third-order valence-electron chi connectivity index (χ3n) is 3.63. The summed E-state index contributed by atoms with van der Waals surface area (Å²) in [5.74, 6) is 0. The minimum atomic E-state index is 0.653. The van der Waals surface area contributed by atoms with Crippen molar-refractivity contribution in [2.75, 3.05) is 0 Å². The van der Waals surface area contributed by atoms with Gasteiger partial charge in [-0.25, -0.2) is 0 Å². The van der Waals surface area contributed by atoms with Crippen LogP contribution in [-0.2, 0) is 0 Å². The topological polar surface area (TPSA) is 47.6 Å². The monoisotopic (exact) mass is 268 g/mol. The van der Waals surface area contributed by atoms with E-state index in [-0.39, 0.29) is 0 Å². The van der Waals surface area contributed by atoms with Crippen LogP contribution in [0.3, 0.4) is 0 Å². The van der Waals surface area contributed by atoms with E-state index in [1.54, 1.807) is 0 Å². The maximum atomic E-state index is 9.37. The molecule has 2 nitrogen and oxygen atoms in total. The number of aryl methyl sites for hydroxylation is 1. The van der Waals surface area contributed by atoms with Crippen molar-refractivity contribution >= 4 is 10.8 Å². The maximum absolute atomic E-state index is 9.37. The molecule has 0 bridgehead atoms. The summed E-state index contributed by atoms with van der Waals surface area (Å²) in [6.07, 6.45) is 0. The zero-order valence-corrected chi connectivity index (χ0v) is 11.6. The Morgan fingerprint density at radius 2 is 1.38 bits per heavy atom. The van der Waals surface area contributed by atoms with Crippen molar-refractivity contribution in [3.63, 3.8) is 0 Å². The summed E-state index contributed by atoms with van der Waals surface area (Å²) in [5.41, 5.74) is 4.27. The van der Waals surface area contributed by atoms with Crippen LogP contribution < -0.4 is 0 Å². The first-order valence-corrected chi connectivity index (χ1v) is 6.67. The Hall–Kier alpha value is -3.10. The van der Waals surface area contributed by atoms with E-state index in [2.05, 4.69) is 12.1 Å². The van der Waals surface area contributed by atoms with Crippen molar-refractivity contribution in [3.8, 4) is 23.3 Å². The van der Waals surface area contributed by atoms with Gasteiger partial charge in [0.1, 0.15) is 0 Å². The summed E-state index contributed by atoms with van der Waals surface area (Å²) in [5, 5.41) is 20.5. The standard InChI is InChI=1S/C19H12N2/c1-13-6-8-17(15(10-13)12-21)19-9-7-14(11-20)16-4-2-3-5-18(16)19/h2-10H,1H3. The lowest BCUT2D eigenvalue weighted by atomic mass is 9.92. The molecule has 0 saturated carbocycles. The third kappa shape index (κ3) is 2.14. The van der Waals surface area contributed by atoms with Gasteiger partial charge in [-0.05, 0) is 35.6 Å². The smallest absolute Gasteiger partial charge is 0.0998 e. The number of hydrogen-bond donors (Lipinski definition) is 0. The lowest BCUT2D eigenvalue weighted by molar-refractivity contribution is 1.42. The van der Waals surface area contributed by atoms with Crippen LogP contribution in [0.1, 0.15) is 16.7 Å². The summed E-state index contributed by atoms with van der Waals surface area (Å²) in [6.45, 7) is 1.97. The Morgan fingerprint density at radius 3 is 2.10 bits per heavy atom.